The average Bonchev–Trinajstić information content (AvgIpc) is 3.50. The first-order valence-corrected chi connectivity index (χ1v) is 12.5. The van der Waals surface area contributed by atoms with E-state index in [0.29, 0.717) is 41.8 Å². The molecule has 1 aromatic carbocycles. The van der Waals surface area contributed by atoms with Crippen molar-refractivity contribution in [3.05, 3.63) is 58.9 Å². The van der Waals surface area contributed by atoms with Crippen molar-refractivity contribution in [1.29, 1.82) is 0 Å². The van der Waals surface area contributed by atoms with Crippen LogP contribution in [0, 0.1) is 0 Å². The molecule has 182 valence electrons. The van der Waals surface area contributed by atoms with Crippen LogP contribution in [0.15, 0.2) is 42.0 Å². The molecule has 0 unspecified atom stereocenters. The van der Waals surface area contributed by atoms with Gasteiger partial charge in [0.05, 0.1) is 30.7 Å². The van der Waals surface area contributed by atoms with Crippen molar-refractivity contribution < 1.29 is 14.3 Å². The van der Waals surface area contributed by atoms with E-state index in [0.717, 1.165) is 43.9 Å². The van der Waals surface area contributed by atoms with Crippen LogP contribution in [0.1, 0.15) is 32.8 Å². The quantitative estimate of drug-likeness (QED) is 0.407. The van der Waals surface area contributed by atoms with Crippen molar-refractivity contribution in [3.8, 4) is 5.75 Å². The minimum absolute atomic E-state index is 0.154. The normalized spacial score (nSPS) is 15.3. The zero-order valence-electron chi connectivity index (χ0n) is 19.2. The Morgan fingerprint density at radius 1 is 1.26 bits per heavy atom. The number of aromatic nitrogens is 2. The monoisotopic (exact) mass is 493 g/mol. The van der Waals surface area contributed by atoms with Gasteiger partial charge in [0.15, 0.2) is 5.13 Å². The maximum atomic E-state index is 13.1. The van der Waals surface area contributed by atoms with Crippen LogP contribution in [0.5, 0.6) is 5.75 Å². The highest BCUT2D eigenvalue weighted by molar-refractivity contribution is 7.14. The minimum atomic E-state index is -0.336. The van der Waals surface area contributed by atoms with Gasteiger partial charge in [0.1, 0.15) is 11.4 Å². The first kappa shape index (κ1) is 23.2. The molecule has 5 rings (SSSR count). The fourth-order valence-electron chi connectivity index (χ4n) is 4.14. The highest BCUT2D eigenvalue weighted by Crippen LogP contribution is 2.33. The molecule has 0 spiro atoms. The van der Waals surface area contributed by atoms with Gasteiger partial charge < -0.3 is 26.0 Å². The lowest BCUT2D eigenvalue weighted by atomic mass is 10.1. The molecule has 2 aliphatic rings. The van der Waals surface area contributed by atoms with Crippen molar-refractivity contribution in [2.75, 3.05) is 54.4 Å². The molecule has 10 nitrogen and oxygen atoms in total. The fourth-order valence-corrected chi connectivity index (χ4v) is 4.94. The maximum absolute atomic E-state index is 13.1. The number of benzene rings is 1. The summed E-state index contributed by atoms with van der Waals surface area (Å²) in [7, 11) is 0. The van der Waals surface area contributed by atoms with Crippen LogP contribution in [-0.4, -0.2) is 61.1 Å². The number of ether oxygens (including phenoxy) is 1. The van der Waals surface area contributed by atoms with E-state index in [4.69, 9.17) is 10.5 Å². The molecular formula is C24H27N7O3S. The summed E-state index contributed by atoms with van der Waals surface area (Å²) in [6.07, 6.45) is 4.12. The SMILES string of the molecule is NCCCOc1ccc2c(c1)C(=O)N(c1nc(C(=O)Nc3cnccc3N3CCNCC3)cs1)C2. The number of pyridine rings is 1. The maximum Gasteiger partial charge on any atom is 0.275 e. The number of piperazine rings is 1. The number of rotatable bonds is 8. The highest BCUT2D eigenvalue weighted by atomic mass is 32.1. The van der Waals surface area contributed by atoms with E-state index >= 15 is 0 Å². The number of anilines is 3. The van der Waals surface area contributed by atoms with Crippen LogP contribution in [-0.2, 0) is 6.54 Å². The number of fused-ring (bicyclic) bond motifs is 1. The van der Waals surface area contributed by atoms with Crippen LogP contribution in [0.4, 0.5) is 16.5 Å². The van der Waals surface area contributed by atoms with Gasteiger partial charge in [0, 0.05) is 43.3 Å². The number of nitrogens with two attached hydrogens (primary N) is 1. The first-order chi connectivity index (χ1) is 17.1. The van der Waals surface area contributed by atoms with Crippen molar-refractivity contribution in [3.63, 3.8) is 0 Å². The highest BCUT2D eigenvalue weighted by Gasteiger charge is 2.31. The van der Waals surface area contributed by atoms with Crippen molar-refractivity contribution in [2.45, 2.75) is 13.0 Å². The van der Waals surface area contributed by atoms with Crippen LogP contribution in [0.25, 0.3) is 0 Å². The van der Waals surface area contributed by atoms with Crippen LogP contribution in [0.3, 0.4) is 0 Å². The summed E-state index contributed by atoms with van der Waals surface area (Å²) in [5.41, 5.74) is 8.83. The van der Waals surface area contributed by atoms with Gasteiger partial charge in [-0.1, -0.05) is 6.07 Å². The summed E-state index contributed by atoms with van der Waals surface area (Å²) in [5.74, 6) is 0.152. The second-order valence-electron chi connectivity index (χ2n) is 8.30. The number of carbonyl (C=O) groups excluding carboxylic acids is 2. The van der Waals surface area contributed by atoms with Gasteiger partial charge in [-0.25, -0.2) is 4.98 Å². The number of thiazole rings is 1. The number of nitrogens with one attached hydrogen (secondary N) is 2. The van der Waals surface area contributed by atoms with Gasteiger partial charge in [0.25, 0.3) is 11.8 Å². The van der Waals surface area contributed by atoms with Gasteiger partial charge in [-0.2, -0.15) is 0 Å². The van der Waals surface area contributed by atoms with Gasteiger partial charge in [-0.05, 0) is 36.7 Å². The molecule has 1 fully saturated rings. The summed E-state index contributed by atoms with van der Waals surface area (Å²) in [6.45, 7) is 4.94. The van der Waals surface area contributed by atoms with E-state index in [-0.39, 0.29) is 17.5 Å². The molecule has 0 radical (unpaired) electrons. The van der Waals surface area contributed by atoms with Crippen molar-refractivity contribution in [2.24, 2.45) is 5.73 Å². The molecule has 4 N–H and O–H groups in total. The van der Waals surface area contributed by atoms with Gasteiger partial charge in [-0.15, -0.1) is 11.3 Å². The lowest BCUT2D eigenvalue weighted by molar-refractivity contribution is 0.0991. The van der Waals surface area contributed by atoms with Gasteiger partial charge >= 0.3 is 0 Å². The lowest BCUT2D eigenvalue weighted by Crippen LogP contribution is -2.43. The summed E-state index contributed by atoms with van der Waals surface area (Å²) in [6, 6.07) is 7.42. The van der Waals surface area contributed by atoms with Crippen LogP contribution < -0.4 is 30.9 Å². The molecule has 0 aliphatic carbocycles. The molecule has 1 saturated heterocycles. The molecule has 2 aliphatic heterocycles. The third kappa shape index (κ3) is 4.97. The van der Waals surface area contributed by atoms with E-state index < -0.39 is 0 Å². The Kier molecular flexibility index (Phi) is 6.89. The van der Waals surface area contributed by atoms with Crippen LogP contribution in [0.2, 0.25) is 0 Å². The molecule has 0 atom stereocenters. The average molecular weight is 494 g/mol. The van der Waals surface area contributed by atoms with Gasteiger partial charge in [0.2, 0.25) is 0 Å². The third-order valence-corrected chi connectivity index (χ3v) is 6.83. The second kappa shape index (κ2) is 10.4. The molecule has 0 bridgehead atoms. The zero-order chi connectivity index (χ0) is 24.2. The Balaban J connectivity index is 1.28. The largest absolute Gasteiger partial charge is 0.494 e. The van der Waals surface area contributed by atoms with E-state index in [1.54, 1.807) is 28.7 Å². The standard InChI is InChI=1S/C24H27N7O3S/c25-5-1-11-34-17-3-2-16-14-31(23(33)18(16)12-17)24-29-20(15-35-24)22(32)28-19-13-27-6-4-21(19)30-9-7-26-8-10-30/h2-4,6,12-13,15,26H,1,5,7-11,14,25H2,(H,28,32). The van der Waals surface area contributed by atoms with E-state index in [9.17, 15) is 9.59 Å². The molecule has 2 amide bonds. The Bertz CT molecular complexity index is 1230. The second-order valence-corrected chi connectivity index (χ2v) is 9.14. The number of hydrogen-bond donors (Lipinski definition) is 3. The van der Waals surface area contributed by atoms with E-state index in [1.165, 1.54) is 11.3 Å². The molecule has 0 saturated carbocycles. The lowest BCUT2D eigenvalue weighted by Gasteiger charge is -2.30. The molecule has 3 aromatic rings. The fraction of sp³-hybridized carbons (Fsp3) is 0.333. The molecule has 4 heterocycles. The third-order valence-electron chi connectivity index (χ3n) is 5.96. The number of amides is 2. The number of hydrogen-bond acceptors (Lipinski definition) is 9. The molecule has 11 heteroatoms. The van der Waals surface area contributed by atoms with Crippen LogP contribution >= 0.6 is 11.3 Å². The summed E-state index contributed by atoms with van der Waals surface area (Å²) in [4.78, 5) is 38.5. The molecular weight excluding hydrogens is 466 g/mol. The Labute approximate surface area is 207 Å². The Morgan fingerprint density at radius 2 is 2.11 bits per heavy atom. The summed E-state index contributed by atoms with van der Waals surface area (Å²) >= 11 is 1.27. The Hall–Kier alpha value is -3.54. The topological polar surface area (TPSA) is 126 Å². The predicted octanol–water partition coefficient (Wildman–Crippen LogP) is 2.09. The number of nitrogens with zero attached hydrogens (tertiary/aromatic N) is 4. The zero-order valence-corrected chi connectivity index (χ0v) is 20.0. The van der Waals surface area contributed by atoms with Crippen molar-refractivity contribution >= 4 is 39.7 Å². The summed E-state index contributed by atoms with van der Waals surface area (Å²) in [5, 5.41) is 8.42. The molecule has 35 heavy (non-hydrogen) atoms. The molecule has 2 aromatic heterocycles. The predicted molar refractivity (Wildman–Crippen MR) is 136 cm³/mol. The van der Waals surface area contributed by atoms with E-state index in [1.807, 2.05) is 18.2 Å². The Morgan fingerprint density at radius 3 is 2.94 bits per heavy atom. The summed E-state index contributed by atoms with van der Waals surface area (Å²) < 4.78 is 5.68. The van der Waals surface area contributed by atoms with Crippen molar-refractivity contribution in [1.82, 2.24) is 15.3 Å². The van der Waals surface area contributed by atoms with Gasteiger partial charge in [-0.3, -0.25) is 19.5 Å². The van der Waals surface area contributed by atoms with E-state index in [2.05, 4.69) is 25.5 Å². The number of carbonyl (C=O) groups is 2. The first-order valence-electron chi connectivity index (χ1n) is 11.6. The minimum Gasteiger partial charge on any atom is -0.494 e. The smallest absolute Gasteiger partial charge is 0.275 e.